The molecule has 0 saturated heterocycles. The van der Waals surface area contributed by atoms with Crippen LogP contribution in [-0.2, 0) is 6.18 Å². The molecule has 0 aliphatic rings. The van der Waals surface area contributed by atoms with E-state index in [1.807, 2.05) is 0 Å². The van der Waals surface area contributed by atoms with E-state index < -0.39 is 17.8 Å². The molecule has 0 aliphatic heterocycles. The molecular weight excluding hydrogens is 219 g/mol. The molecule has 0 saturated carbocycles. The third-order valence-corrected chi connectivity index (χ3v) is 2.12. The normalized spacial score (nSPS) is 14.2. The van der Waals surface area contributed by atoms with Gasteiger partial charge in [-0.25, -0.2) is 0 Å². The van der Waals surface area contributed by atoms with Crippen LogP contribution in [0.4, 0.5) is 13.2 Å². The summed E-state index contributed by atoms with van der Waals surface area (Å²) in [6.45, 7) is 0.342. The van der Waals surface area contributed by atoms with Gasteiger partial charge in [-0.3, -0.25) is 4.98 Å². The lowest BCUT2D eigenvalue weighted by Gasteiger charge is -2.20. The fourth-order valence-electron chi connectivity index (χ4n) is 1.45. The zero-order chi connectivity index (χ0) is 12.3. The highest BCUT2D eigenvalue weighted by molar-refractivity contribution is 5.29. The molecule has 0 bridgehead atoms. The van der Waals surface area contributed by atoms with E-state index in [1.165, 1.54) is 6.20 Å². The van der Waals surface area contributed by atoms with Crippen LogP contribution in [0.2, 0.25) is 0 Å². The number of likely N-dealkylation sites (N-methyl/N-ethyl adjacent to an activating group) is 1. The van der Waals surface area contributed by atoms with Crippen molar-refractivity contribution >= 4 is 0 Å². The van der Waals surface area contributed by atoms with Gasteiger partial charge in [0.25, 0.3) is 0 Å². The molecule has 3 nitrogen and oxygen atoms in total. The van der Waals surface area contributed by atoms with E-state index in [9.17, 15) is 13.2 Å². The van der Waals surface area contributed by atoms with Crippen molar-refractivity contribution in [1.82, 2.24) is 9.88 Å². The first-order valence-corrected chi connectivity index (χ1v) is 4.73. The van der Waals surface area contributed by atoms with Crippen LogP contribution in [0.25, 0.3) is 0 Å². The van der Waals surface area contributed by atoms with Crippen LogP contribution in [0.1, 0.15) is 17.2 Å². The van der Waals surface area contributed by atoms with Crippen molar-refractivity contribution in [2.24, 2.45) is 5.73 Å². The molecule has 1 atom stereocenters. The molecule has 0 aromatic carbocycles. The highest BCUT2D eigenvalue weighted by atomic mass is 19.4. The Morgan fingerprint density at radius 2 is 2.06 bits per heavy atom. The summed E-state index contributed by atoms with van der Waals surface area (Å²) in [6, 6.07) is 0.255. The predicted octanol–water partition coefficient (Wildman–Crippen LogP) is 1.66. The Bertz CT molecular complexity index is 349. The number of rotatable bonds is 3. The molecule has 1 aromatic heterocycles. The summed E-state index contributed by atoms with van der Waals surface area (Å²) >= 11 is 0. The highest BCUT2D eigenvalue weighted by Crippen LogP contribution is 2.33. The van der Waals surface area contributed by atoms with Gasteiger partial charge in [-0.15, -0.1) is 0 Å². The monoisotopic (exact) mass is 233 g/mol. The molecule has 0 amide bonds. The molecule has 0 spiro atoms. The van der Waals surface area contributed by atoms with Gasteiger partial charge in [0.2, 0.25) is 0 Å². The average Bonchev–Trinajstić information content (AvgIpc) is 2.15. The van der Waals surface area contributed by atoms with E-state index in [0.717, 1.165) is 12.3 Å². The Morgan fingerprint density at radius 3 is 2.56 bits per heavy atom. The minimum Gasteiger partial charge on any atom is -0.323 e. The second-order valence-corrected chi connectivity index (χ2v) is 3.83. The van der Waals surface area contributed by atoms with Crippen LogP contribution in [0.3, 0.4) is 0 Å². The van der Waals surface area contributed by atoms with Crippen molar-refractivity contribution in [1.29, 1.82) is 0 Å². The third-order valence-electron chi connectivity index (χ3n) is 2.12. The van der Waals surface area contributed by atoms with Crippen molar-refractivity contribution in [2.75, 3.05) is 20.6 Å². The molecule has 90 valence electrons. The van der Waals surface area contributed by atoms with Crippen LogP contribution in [0.15, 0.2) is 18.5 Å². The fourth-order valence-corrected chi connectivity index (χ4v) is 1.45. The van der Waals surface area contributed by atoms with Crippen LogP contribution >= 0.6 is 0 Å². The maximum absolute atomic E-state index is 12.6. The summed E-state index contributed by atoms with van der Waals surface area (Å²) in [6.07, 6.45) is -2.09. The Labute approximate surface area is 92.1 Å². The van der Waals surface area contributed by atoms with E-state index >= 15 is 0 Å². The van der Waals surface area contributed by atoms with Gasteiger partial charge in [0.05, 0.1) is 5.56 Å². The van der Waals surface area contributed by atoms with E-state index in [-0.39, 0.29) is 5.56 Å². The maximum Gasteiger partial charge on any atom is 0.416 e. The molecule has 1 rings (SSSR count). The van der Waals surface area contributed by atoms with Crippen molar-refractivity contribution in [3.05, 3.63) is 29.6 Å². The summed E-state index contributed by atoms with van der Waals surface area (Å²) in [5.74, 6) is 0. The largest absolute Gasteiger partial charge is 0.416 e. The van der Waals surface area contributed by atoms with Gasteiger partial charge in [0.1, 0.15) is 0 Å². The minimum absolute atomic E-state index is 0.0312. The van der Waals surface area contributed by atoms with Gasteiger partial charge in [-0.05, 0) is 20.2 Å². The lowest BCUT2D eigenvalue weighted by atomic mass is 10.0. The molecule has 0 radical (unpaired) electrons. The average molecular weight is 233 g/mol. The Kier molecular flexibility index (Phi) is 3.88. The maximum atomic E-state index is 12.6. The van der Waals surface area contributed by atoms with Gasteiger partial charge in [0.15, 0.2) is 0 Å². The molecule has 0 fully saturated rings. The number of halogens is 3. The number of nitrogens with two attached hydrogens (primary N) is 1. The van der Waals surface area contributed by atoms with Gasteiger partial charge < -0.3 is 10.6 Å². The molecular formula is C10H14F3N3. The Hall–Kier alpha value is -1.14. The molecule has 1 unspecified atom stereocenters. The van der Waals surface area contributed by atoms with Crippen LogP contribution in [0, 0.1) is 0 Å². The fraction of sp³-hybridized carbons (Fsp3) is 0.500. The van der Waals surface area contributed by atoms with E-state index in [1.54, 1.807) is 19.0 Å². The van der Waals surface area contributed by atoms with Gasteiger partial charge >= 0.3 is 6.18 Å². The second kappa shape index (κ2) is 4.80. The predicted molar refractivity (Wildman–Crippen MR) is 54.7 cm³/mol. The summed E-state index contributed by atoms with van der Waals surface area (Å²) in [5, 5.41) is 0. The number of nitrogens with zero attached hydrogens (tertiary/aromatic N) is 2. The first-order valence-electron chi connectivity index (χ1n) is 4.73. The Balaban J connectivity index is 3.04. The summed E-state index contributed by atoms with van der Waals surface area (Å²) in [4.78, 5) is 5.42. The number of pyridine rings is 1. The molecule has 6 heteroatoms. The second-order valence-electron chi connectivity index (χ2n) is 3.83. The van der Waals surface area contributed by atoms with Gasteiger partial charge in [0, 0.05) is 30.5 Å². The number of hydrogen-bond acceptors (Lipinski definition) is 3. The molecule has 16 heavy (non-hydrogen) atoms. The summed E-state index contributed by atoms with van der Waals surface area (Å²) in [7, 11) is 3.51. The van der Waals surface area contributed by atoms with Crippen molar-refractivity contribution in [2.45, 2.75) is 12.2 Å². The van der Waals surface area contributed by atoms with E-state index in [2.05, 4.69) is 4.98 Å². The summed E-state index contributed by atoms with van der Waals surface area (Å²) < 4.78 is 37.9. The highest BCUT2D eigenvalue weighted by Gasteiger charge is 2.34. The zero-order valence-electron chi connectivity index (χ0n) is 9.12. The first kappa shape index (κ1) is 12.9. The minimum atomic E-state index is -4.39. The smallest absolute Gasteiger partial charge is 0.323 e. The number of aromatic nitrogens is 1. The summed E-state index contributed by atoms with van der Waals surface area (Å²) in [5.41, 5.74) is 5.03. The van der Waals surface area contributed by atoms with Crippen LogP contribution in [-0.4, -0.2) is 30.5 Å². The SMILES string of the molecule is CN(C)CC(N)c1cnccc1C(F)(F)F. The zero-order valence-corrected chi connectivity index (χ0v) is 9.12. The number of hydrogen-bond donors (Lipinski definition) is 1. The third kappa shape index (κ3) is 3.18. The van der Waals surface area contributed by atoms with E-state index in [4.69, 9.17) is 5.73 Å². The van der Waals surface area contributed by atoms with Crippen molar-refractivity contribution in [3.8, 4) is 0 Å². The van der Waals surface area contributed by atoms with Gasteiger partial charge in [-0.1, -0.05) is 0 Å². The lowest BCUT2D eigenvalue weighted by molar-refractivity contribution is -0.138. The lowest BCUT2D eigenvalue weighted by Crippen LogP contribution is -2.28. The van der Waals surface area contributed by atoms with Crippen molar-refractivity contribution < 1.29 is 13.2 Å². The van der Waals surface area contributed by atoms with Crippen LogP contribution < -0.4 is 5.73 Å². The molecule has 1 aromatic rings. The standard InChI is InChI=1S/C10H14F3N3/c1-16(2)6-9(14)7-5-15-4-3-8(7)10(11,12)13/h3-5,9H,6,14H2,1-2H3. The van der Waals surface area contributed by atoms with E-state index in [0.29, 0.717) is 6.54 Å². The topological polar surface area (TPSA) is 42.1 Å². The first-order chi connectivity index (χ1) is 7.32. The molecule has 0 aliphatic carbocycles. The van der Waals surface area contributed by atoms with Gasteiger partial charge in [-0.2, -0.15) is 13.2 Å². The number of alkyl halides is 3. The molecule has 2 N–H and O–H groups in total. The van der Waals surface area contributed by atoms with Crippen LogP contribution in [0.5, 0.6) is 0 Å². The van der Waals surface area contributed by atoms with Crippen molar-refractivity contribution in [3.63, 3.8) is 0 Å². The Morgan fingerprint density at radius 1 is 1.44 bits per heavy atom. The molecule has 1 heterocycles. The quantitative estimate of drug-likeness (QED) is 0.863.